The Morgan fingerprint density at radius 1 is 1.10 bits per heavy atom. The molecule has 0 saturated carbocycles. The van der Waals surface area contributed by atoms with Crippen LogP contribution in [-0.2, 0) is 18.3 Å². The lowest BCUT2D eigenvalue weighted by Gasteiger charge is -2.19. The number of hydrogen-bond acceptors (Lipinski definition) is 5. The fourth-order valence-electron chi connectivity index (χ4n) is 2.93. The Kier molecular flexibility index (Phi) is 10.7. The quantitative estimate of drug-likeness (QED) is 0.297. The third-order valence-corrected chi connectivity index (χ3v) is 4.93. The molecule has 0 aliphatic rings. The first kappa shape index (κ1) is 23.7. The van der Waals surface area contributed by atoms with Gasteiger partial charge in [-0.25, -0.2) is 4.99 Å². The normalized spacial score (nSPS) is 11.5. The summed E-state index contributed by atoms with van der Waals surface area (Å²) in [6.45, 7) is 8.73. The molecule has 0 atom stereocenters. The number of anilines is 1. The molecule has 0 aliphatic heterocycles. The van der Waals surface area contributed by atoms with Crippen molar-refractivity contribution in [3.63, 3.8) is 0 Å². The van der Waals surface area contributed by atoms with Crippen LogP contribution in [0.15, 0.2) is 35.3 Å². The smallest absolute Gasteiger partial charge is 0.191 e. The van der Waals surface area contributed by atoms with Crippen LogP contribution in [-0.4, -0.2) is 60.6 Å². The van der Waals surface area contributed by atoms with E-state index in [2.05, 4.69) is 57.0 Å². The lowest BCUT2D eigenvalue weighted by molar-refractivity contribution is 0.143. The molecule has 0 fully saturated rings. The van der Waals surface area contributed by atoms with Crippen molar-refractivity contribution in [2.45, 2.75) is 39.7 Å². The summed E-state index contributed by atoms with van der Waals surface area (Å²) in [5.74, 6) is 2.56. The first-order valence-electron chi connectivity index (χ1n) is 10.8. The van der Waals surface area contributed by atoms with E-state index in [-0.39, 0.29) is 0 Å². The predicted octanol–water partition coefficient (Wildman–Crippen LogP) is 2.50. The second kappa shape index (κ2) is 13.6. The Balaban J connectivity index is 1.80. The Morgan fingerprint density at radius 2 is 1.83 bits per heavy atom. The predicted molar refractivity (Wildman–Crippen MR) is 123 cm³/mol. The SMILES string of the molecule is CCOCCCCNC(=NCc1nnc(C)n1C)NCCCN(C)c1ccccc1. The molecule has 0 saturated heterocycles. The van der Waals surface area contributed by atoms with Gasteiger partial charge in [-0.3, -0.25) is 0 Å². The summed E-state index contributed by atoms with van der Waals surface area (Å²) >= 11 is 0. The maximum atomic E-state index is 5.40. The standard InChI is InChI=1S/C22H37N7O/c1-5-30-17-10-9-14-23-22(25-18-21-27-26-19(2)29(21)4)24-15-11-16-28(3)20-12-7-6-8-13-20/h6-8,12-13H,5,9-11,14-18H2,1-4H3,(H2,23,24,25). The second-order valence-electron chi connectivity index (χ2n) is 7.26. The van der Waals surface area contributed by atoms with Gasteiger partial charge in [-0.05, 0) is 45.2 Å². The van der Waals surface area contributed by atoms with Crippen LogP contribution >= 0.6 is 0 Å². The molecule has 0 unspecified atom stereocenters. The van der Waals surface area contributed by atoms with E-state index in [1.54, 1.807) is 0 Å². The number of aryl methyl sites for hydroxylation is 1. The number of unbranched alkanes of at least 4 members (excludes halogenated alkanes) is 1. The molecule has 0 amide bonds. The second-order valence-corrected chi connectivity index (χ2v) is 7.26. The molecule has 2 N–H and O–H groups in total. The molecule has 0 spiro atoms. The molecular formula is C22H37N7O. The van der Waals surface area contributed by atoms with Crippen molar-refractivity contribution < 1.29 is 4.74 Å². The minimum atomic E-state index is 0.496. The number of para-hydroxylation sites is 1. The van der Waals surface area contributed by atoms with Crippen molar-refractivity contribution in [3.8, 4) is 0 Å². The third kappa shape index (κ3) is 8.41. The summed E-state index contributed by atoms with van der Waals surface area (Å²) in [5, 5.41) is 15.2. The molecule has 1 aromatic heterocycles. The molecule has 8 heteroatoms. The van der Waals surface area contributed by atoms with Gasteiger partial charge in [-0.15, -0.1) is 10.2 Å². The van der Waals surface area contributed by atoms with Gasteiger partial charge >= 0.3 is 0 Å². The molecule has 166 valence electrons. The Morgan fingerprint density at radius 3 is 2.50 bits per heavy atom. The van der Waals surface area contributed by atoms with Crippen molar-refractivity contribution in [2.75, 3.05) is 44.8 Å². The van der Waals surface area contributed by atoms with Crippen LogP contribution in [0.25, 0.3) is 0 Å². The molecule has 2 rings (SSSR count). The first-order valence-corrected chi connectivity index (χ1v) is 10.8. The Hall–Kier alpha value is -2.61. The monoisotopic (exact) mass is 415 g/mol. The molecule has 0 bridgehead atoms. The summed E-state index contributed by atoms with van der Waals surface area (Å²) in [6.07, 6.45) is 3.10. The van der Waals surface area contributed by atoms with Crippen molar-refractivity contribution in [1.82, 2.24) is 25.4 Å². The lowest BCUT2D eigenvalue weighted by atomic mass is 10.3. The van der Waals surface area contributed by atoms with Gasteiger partial charge in [-0.1, -0.05) is 18.2 Å². The van der Waals surface area contributed by atoms with Gasteiger partial charge in [0.05, 0.1) is 0 Å². The van der Waals surface area contributed by atoms with Gasteiger partial charge in [0.15, 0.2) is 11.8 Å². The summed E-state index contributed by atoms with van der Waals surface area (Å²) < 4.78 is 7.37. The summed E-state index contributed by atoms with van der Waals surface area (Å²) in [7, 11) is 4.09. The topological polar surface area (TPSA) is 79.6 Å². The van der Waals surface area contributed by atoms with E-state index in [9.17, 15) is 0 Å². The lowest BCUT2D eigenvalue weighted by Crippen LogP contribution is -2.39. The summed E-state index contributed by atoms with van der Waals surface area (Å²) in [6, 6.07) is 10.4. The number of aromatic nitrogens is 3. The number of benzene rings is 1. The maximum Gasteiger partial charge on any atom is 0.191 e. The van der Waals surface area contributed by atoms with Gasteiger partial charge in [0.25, 0.3) is 0 Å². The third-order valence-electron chi connectivity index (χ3n) is 4.93. The minimum Gasteiger partial charge on any atom is -0.382 e. The fourth-order valence-corrected chi connectivity index (χ4v) is 2.93. The average Bonchev–Trinajstić information content (AvgIpc) is 3.09. The number of aliphatic imine (C=N–C) groups is 1. The van der Waals surface area contributed by atoms with Crippen LogP contribution in [0.1, 0.15) is 37.8 Å². The molecule has 8 nitrogen and oxygen atoms in total. The largest absolute Gasteiger partial charge is 0.382 e. The molecule has 30 heavy (non-hydrogen) atoms. The van der Waals surface area contributed by atoms with Crippen LogP contribution in [0.4, 0.5) is 5.69 Å². The Bertz CT molecular complexity index is 745. The highest BCUT2D eigenvalue weighted by Gasteiger charge is 2.06. The van der Waals surface area contributed by atoms with E-state index in [1.807, 2.05) is 31.5 Å². The van der Waals surface area contributed by atoms with E-state index in [0.717, 1.165) is 69.7 Å². The van der Waals surface area contributed by atoms with Gasteiger partial charge in [-0.2, -0.15) is 0 Å². The molecular weight excluding hydrogens is 378 g/mol. The average molecular weight is 416 g/mol. The van der Waals surface area contributed by atoms with Crippen molar-refractivity contribution in [3.05, 3.63) is 42.0 Å². The molecule has 1 heterocycles. The van der Waals surface area contributed by atoms with Crippen LogP contribution in [0, 0.1) is 6.92 Å². The highest BCUT2D eigenvalue weighted by molar-refractivity contribution is 5.79. The van der Waals surface area contributed by atoms with E-state index < -0.39 is 0 Å². The zero-order chi connectivity index (χ0) is 21.6. The van der Waals surface area contributed by atoms with E-state index in [4.69, 9.17) is 9.73 Å². The Labute approximate surface area is 180 Å². The fraction of sp³-hybridized carbons (Fsp3) is 0.591. The zero-order valence-corrected chi connectivity index (χ0v) is 18.9. The number of nitrogens with zero attached hydrogens (tertiary/aromatic N) is 5. The number of ether oxygens (including phenoxy) is 1. The number of nitrogens with one attached hydrogen (secondary N) is 2. The van der Waals surface area contributed by atoms with Crippen LogP contribution in [0.5, 0.6) is 0 Å². The van der Waals surface area contributed by atoms with E-state index >= 15 is 0 Å². The summed E-state index contributed by atoms with van der Waals surface area (Å²) in [4.78, 5) is 6.97. The van der Waals surface area contributed by atoms with Gasteiger partial charge in [0.1, 0.15) is 12.4 Å². The minimum absolute atomic E-state index is 0.496. The van der Waals surface area contributed by atoms with Crippen molar-refractivity contribution in [2.24, 2.45) is 12.0 Å². The highest BCUT2D eigenvalue weighted by Crippen LogP contribution is 2.10. The van der Waals surface area contributed by atoms with Crippen molar-refractivity contribution >= 4 is 11.6 Å². The highest BCUT2D eigenvalue weighted by atomic mass is 16.5. The van der Waals surface area contributed by atoms with Crippen LogP contribution in [0.2, 0.25) is 0 Å². The molecule has 0 radical (unpaired) electrons. The number of hydrogen-bond donors (Lipinski definition) is 2. The molecule has 1 aromatic carbocycles. The first-order chi connectivity index (χ1) is 14.6. The number of guanidine groups is 1. The van der Waals surface area contributed by atoms with Gasteiger partial charge < -0.3 is 24.8 Å². The summed E-state index contributed by atoms with van der Waals surface area (Å²) in [5.41, 5.74) is 1.23. The molecule has 0 aliphatic carbocycles. The van der Waals surface area contributed by atoms with E-state index in [1.165, 1.54) is 5.69 Å². The maximum absolute atomic E-state index is 5.40. The van der Waals surface area contributed by atoms with Gasteiger partial charge in [0.2, 0.25) is 0 Å². The number of rotatable bonds is 13. The van der Waals surface area contributed by atoms with E-state index in [0.29, 0.717) is 6.54 Å². The van der Waals surface area contributed by atoms with Crippen LogP contribution < -0.4 is 15.5 Å². The molecule has 2 aromatic rings. The van der Waals surface area contributed by atoms with Gasteiger partial charge in [0, 0.05) is 52.6 Å². The zero-order valence-electron chi connectivity index (χ0n) is 18.9. The van der Waals surface area contributed by atoms with Crippen molar-refractivity contribution in [1.29, 1.82) is 0 Å². The van der Waals surface area contributed by atoms with Crippen LogP contribution in [0.3, 0.4) is 0 Å².